The summed E-state index contributed by atoms with van der Waals surface area (Å²) in [6.07, 6.45) is -1.82. The SMILES string of the molecule is NC1(C(F)F)CCN(c2ccc(Cl)cc2)CC1. The van der Waals surface area contributed by atoms with E-state index in [1.807, 2.05) is 12.1 Å². The van der Waals surface area contributed by atoms with Crippen molar-refractivity contribution < 1.29 is 8.78 Å². The predicted molar refractivity (Wildman–Crippen MR) is 65.8 cm³/mol. The molecule has 1 aliphatic rings. The Morgan fingerprint density at radius 1 is 1.18 bits per heavy atom. The third-order valence-corrected chi connectivity index (χ3v) is 3.57. The van der Waals surface area contributed by atoms with Crippen LogP contribution in [0.4, 0.5) is 14.5 Å². The van der Waals surface area contributed by atoms with Gasteiger partial charge in [-0.3, -0.25) is 0 Å². The van der Waals surface area contributed by atoms with Crippen molar-refractivity contribution in [3.05, 3.63) is 29.3 Å². The number of alkyl halides is 2. The van der Waals surface area contributed by atoms with Crippen molar-refractivity contribution in [2.24, 2.45) is 5.73 Å². The lowest BCUT2D eigenvalue weighted by molar-refractivity contribution is 0.0391. The summed E-state index contributed by atoms with van der Waals surface area (Å²) >= 11 is 5.80. The van der Waals surface area contributed by atoms with Gasteiger partial charge in [-0.2, -0.15) is 0 Å². The molecule has 2 nitrogen and oxygen atoms in total. The Morgan fingerprint density at radius 2 is 1.71 bits per heavy atom. The van der Waals surface area contributed by atoms with Crippen LogP contribution in [0.2, 0.25) is 5.02 Å². The molecule has 1 aromatic carbocycles. The number of halogens is 3. The lowest BCUT2D eigenvalue weighted by Gasteiger charge is -2.39. The summed E-state index contributed by atoms with van der Waals surface area (Å²) in [4.78, 5) is 2.06. The van der Waals surface area contributed by atoms with Crippen LogP contribution < -0.4 is 10.6 Å². The molecule has 0 unspecified atom stereocenters. The summed E-state index contributed by atoms with van der Waals surface area (Å²) < 4.78 is 25.5. The largest absolute Gasteiger partial charge is 0.371 e. The molecule has 1 saturated heterocycles. The van der Waals surface area contributed by atoms with E-state index in [9.17, 15) is 8.78 Å². The maximum Gasteiger partial charge on any atom is 0.256 e. The Labute approximate surface area is 104 Å². The summed E-state index contributed by atoms with van der Waals surface area (Å²) in [5.74, 6) is 0. The molecule has 0 aliphatic carbocycles. The number of hydrogen-bond acceptors (Lipinski definition) is 2. The van der Waals surface area contributed by atoms with Crippen molar-refractivity contribution in [1.29, 1.82) is 0 Å². The summed E-state index contributed by atoms with van der Waals surface area (Å²) in [5, 5.41) is 0.673. The van der Waals surface area contributed by atoms with E-state index in [1.165, 1.54) is 0 Å². The topological polar surface area (TPSA) is 29.3 Å². The van der Waals surface area contributed by atoms with Gasteiger partial charge >= 0.3 is 0 Å². The molecule has 0 bridgehead atoms. The second kappa shape index (κ2) is 4.78. The standard InChI is InChI=1S/C12H15ClF2N2/c13-9-1-3-10(4-2-9)17-7-5-12(16,6-8-17)11(14)15/h1-4,11H,5-8,16H2. The fourth-order valence-electron chi connectivity index (χ4n) is 2.05. The molecule has 5 heteroatoms. The maximum absolute atomic E-state index is 12.7. The first-order chi connectivity index (χ1) is 8.01. The monoisotopic (exact) mass is 260 g/mol. The number of nitrogens with two attached hydrogens (primary N) is 1. The quantitative estimate of drug-likeness (QED) is 0.886. The van der Waals surface area contributed by atoms with Crippen molar-refractivity contribution in [3.63, 3.8) is 0 Å². The van der Waals surface area contributed by atoms with Crippen molar-refractivity contribution in [3.8, 4) is 0 Å². The fraction of sp³-hybridized carbons (Fsp3) is 0.500. The molecular weight excluding hydrogens is 246 g/mol. The van der Waals surface area contributed by atoms with Crippen LogP contribution in [-0.4, -0.2) is 25.1 Å². The molecular formula is C12H15ClF2N2. The van der Waals surface area contributed by atoms with Gasteiger partial charge in [0.15, 0.2) is 0 Å². The third kappa shape index (κ3) is 2.69. The van der Waals surface area contributed by atoms with E-state index in [1.54, 1.807) is 12.1 Å². The van der Waals surface area contributed by atoms with Gasteiger partial charge in [-0.25, -0.2) is 8.78 Å². The molecule has 0 aromatic heterocycles. The van der Waals surface area contributed by atoms with Crippen LogP contribution in [0.3, 0.4) is 0 Å². The maximum atomic E-state index is 12.7. The van der Waals surface area contributed by atoms with Crippen LogP contribution >= 0.6 is 11.6 Å². The molecule has 0 atom stereocenters. The zero-order valence-electron chi connectivity index (χ0n) is 9.37. The number of anilines is 1. The van der Waals surface area contributed by atoms with E-state index in [2.05, 4.69) is 4.90 Å². The predicted octanol–water partition coefficient (Wildman–Crippen LogP) is 2.90. The fourth-order valence-corrected chi connectivity index (χ4v) is 2.18. The van der Waals surface area contributed by atoms with Crippen molar-refractivity contribution in [2.75, 3.05) is 18.0 Å². The Morgan fingerprint density at radius 3 is 2.18 bits per heavy atom. The molecule has 2 rings (SSSR count). The highest BCUT2D eigenvalue weighted by molar-refractivity contribution is 6.30. The molecule has 0 amide bonds. The van der Waals surface area contributed by atoms with E-state index in [0.717, 1.165) is 5.69 Å². The highest BCUT2D eigenvalue weighted by atomic mass is 35.5. The van der Waals surface area contributed by atoms with Crippen molar-refractivity contribution in [2.45, 2.75) is 24.8 Å². The van der Waals surface area contributed by atoms with E-state index in [0.29, 0.717) is 31.0 Å². The molecule has 1 aromatic rings. The lowest BCUT2D eigenvalue weighted by atomic mass is 9.89. The minimum Gasteiger partial charge on any atom is -0.371 e. The summed E-state index contributed by atoms with van der Waals surface area (Å²) in [6, 6.07) is 7.39. The minimum absolute atomic E-state index is 0.313. The number of piperidine rings is 1. The zero-order valence-corrected chi connectivity index (χ0v) is 10.1. The zero-order chi connectivity index (χ0) is 12.5. The van der Waals surface area contributed by atoms with E-state index in [4.69, 9.17) is 17.3 Å². The lowest BCUT2D eigenvalue weighted by Crippen LogP contribution is -2.55. The van der Waals surface area contributed by atoms with Crippen molar-refractivity contribution >= 4 is 17.3 Å². The molecule has 1 fully saturated rings. The summed E-state index contributed by atoms with van der Waals surface area (Å²) in [5.41, 5.74) is 5.36. The summed E-state index contributed by atoms with van der Waals surface area (Å²) in [7, 11) is 0. The van der Waals surface area contributed by atoms with Gasteiger partial charge in [0.05, 0.1) is 5.54 Å². The molecule has 1 heterocycles. The smallest absolute Gasteiger partial charge is 0.256 e. The Hall–Kier alpha value is -0.870. The number of benzene rings is 1. The third-order valence-electron chi connectivity index (χ3n) is 3.32. The Bertz CT molecular complexity index is 373. The van der Waals surface area contributed by atoms with Gasteiger partial charge in [0.1, 0.15) is 0 Å². The second-order valence-corrected chi connectivity index (χ2v) is 4.93. The van der Waals surface area contributed by atoms with Gasteiger partial charge in [-0.1, -0.05) is 11.6 Å². The van der Waals surface area contributed by atoms with Gasteiger partial charge in [0, 0.05) is 23.8 Å². The first kappa shape index (κ1) is 12.6. The minimum atomic E-state index is -2.45. The van der Waals surface area contributed by atoms with E-state index in [-0.39, 0.29) is 0 Å². The highest BCUT2D eigenvalue weighted by Gasteiger charge is 2.38. The molecule has 1 aliphatic heterocycles. The molecule has 0 saturated carbocycles. The average Bonchev–Trinajstić information content (AvgIpc) is 2.31. The van der Waals surface area contributed by atoms with Crippen LogP contribution in [0.15, 0.2) is 24.3 Å². The summed E-state index contributed by atoms with van der Waals surface area (Å²) in [6.45, 7) is 1.12. The molecule has 17 heavy (non-hydrogen) atoms. The van der Waals surface area contributed by atoms with Crippen LogP contribution in [0, 0.1) is 0 Å². The van der Waals surface area contributed by atoms with Gasteiger partial charge in [0.2, 0.25) is 0 Å². The van der Waals surface area contributed by atoms with E-state index >= 15 is 0 Å². The van der Waals surface area contributed by atoms with Crippen LogP contribution in [-0.2, 0) is 0 Å². The van der Waals surface area contributed by atoms with Crippen LogP contribution in [0.1, 0.15) is 12.8 Å². The molecule has 94 valence electrons. The second-order valence-electron chi connectivity index (χ2n) is 4.50. The molecule has 0 spiro atoms. The Balaban J connectivity index is 2.02. The molecule has 2 N–H and O–H groups in total. The van der Waals surface area contributed by atoms with Gasteiger partial charge in [-0.15, -0.1) is 0 Å². The van der Waals surface area contributed by atoms with Gasteiger partial charge < -0.3 is 10.6 Å². The van der Waals surface area contributed by atoms with Gasteiger partial charge in [0.25, 0.3) is 6.43 Å². The first-order valence-corrected chi connectivity index (χ1v) is 5.97. The van der Waals surface area contributed by atoms with Crippen molar-refractivity contribution in [1.82, 2.24) is 0 Å². The van der Waals surface area contributed by atoms with Gasteiger partial charge in [-0.05, 0) is 37.1 Å². The molecule has 0 radical (unpaired) electrons. The first-order valence-electron chi connectivity index (χ1n) is 5.59. The van der Waals surface area contributed by atoms with Crippen LogP contribution in [0.25, 0.3) is 0 Å². The number of nitrogens with zero attached hydrogens (tertiary/aromatic N) is 1. The normalized spacial score (nSPS) is 19.7. The highest BCUT2D eigenvalue weighted by Crippen LogP contribution is 2.29. The van der Waals surface area contributed by atoms with Crippen LogP contribution in [0.5, 0.6) is 0 Å². The Kier molecular flexibility index (Phi) is 3.54. The number of rotatable bonds is 2. The average molecular weight is 261 g/mol. The number of hydrogen-bond donors (Lipinski definition) is 1. The van der Waals surface area contributed by atoms with E-state index < -0.39 is 12.0 Å².